The van der Waals surface area contributed by atoms with Gasteiger partial charge < -0.3 is 10.1 Å². The summed E-state index contributed by atoms with van der Waals surface area (Å²) in [7, 11) is 0. The summed E-state index contributed by atoms with van der Waals surface area (Å²) in [6.45, 7) is 3.90. The van der Waals surface area contributed by atoms with E-state index in [1.54, 1.807) is 18.5 Å². The summed E-state index contributed by atoms with van der Waals surface area (Å²) in [5.74, 6) is 0.384. The van der Waals surface area contributed by atoms with E-state index in [-0.39, 0.29) is 6.04 Å². The zero-order valence-corrected chi connectivity index (χ0v) is 16.6. The standard InChI is InChI=1S/C22H20N6O2/c1-15-5-7-17(8-6-15)19-10-20(28-14-24-26-27-28)12-21(11-19)30-22(29)25-16(2)18-4-3-9-23-13-18/h3-14,16H,1-2H3,(H,25,29). The van der Waals surface area contributed by atoms with Crippen LogP contribution >= 0.6 is 0 Å². The number of rotatable bonds is 5. The van der Waals surface area contributed by atoms with Gasteiger partial charge in [0.2, 0.25) is 0 Å². The predicted octanol–water partition coefficient (Wildman–Crippen LogP) is 3.88. The maximum absolute atomic E-state index is 12.5. The molecule has 150 valence electrons. The molecule has 0 spiro atoms. The summed E-state index contributed by atoms with van der Waals surface area (Å²) >= 11 is 0. The Bertz CT molecular complexity index is 1130. The van der Waals surface area contributed by atoms with E-state index in [1.165, 1.54) is 11.0 Å². The van der Waals surface area contributed by atoms with E-state index >= 15 is 0 Å². The third kappa shape index (κ3) is 4.49. The Morgan fingerprint density at radius 1 is 1.10 bits per heavy atom. The molecule has 4 rings (SSSR count). The molecule has 0 aliphatic heterocycles. The number of carbonyl (C=O) groups excluding carboxylic acids is 1. The van der Waals surface area contributed by atoms with Crippen LogP contribution in [0.15, 0.2) is 73.3 Å². The lowest BCUT2D eigenvalue weighted by molar-refractivity contribution is 0.197. The Morgan fingerprint density at radius 2 is 1.93 bits per heavy atom. The summed E-state index contributed by atoms with van der Waals surface area (Å²) in [5.41, 5.74) is 4.60. The highest BCUT2D eigenvalue weighted by molar-refractivity contribution is 5.74. The van der Waals surface area contributed by atoms with Crippen molar-refractivity contribution in [2.45, 2.75) is 19.9 Å². The van der Waals surface area contributed by atoms with Crippen LogP contribution in [0.25, 0.3) is 16.8 Å². The van der Waals surface area contributed by atoms with Crippen molar-refractivity contribution in [2.24, 2.45) is 0 Å². The molecule has 2 aromatic heterocycles. The highest BCUT2D eigenvalue weighted by atomic mass is 16.6. The second-order valence-corrected chi connectivity index (χ2v) is 6.88. The van der Waals surface area contributed by atoms with Crippen LogP contribution in [0.3, 0.4) is 0 Å². The van der Waals surface area contributed by atoms with Crippen molar-refractivity contribution < 1.29 is 9.53 Å². The van der Waals surface area contributed by atoms with E-state index in [9.17, 15) is 4.79 Å². The number of carbonyl (C=O) groups is 1. The van der Waals surface area contributed by atoms with Gasteiger partial charge in [0.15, 0.2) is 0 Å². The molecule has 0 saturated heterocycles. The van der Waals surface area contributed by atoms with Crippen molar-refractivity contribution >= 4 is 6.09 Å². The van der Waals surface area contributed by atoms with Gasteiger partial charge in [-0.3, -0.25) is 4.98 Å². The molecular formula is C22H20N6O2. The van der Waals surface area contributed by atoms with Crippen LogP contribution in [-0.4, -0.2) is 31.3 Å². The van der Waals surface area contributed by atoms with Crippen LogP contribution in [0.5, 0.6) is 5.75 Å². The number of aryl methyl sites for hydroxylation is 1. The molecule has 8 nitrogen and oxygen atoms in total. The molecule has 0 aliphatic carbocycles. The van der Waals surface area contributed by atoms with Crippen LogP contribution in [0.2, 0.25) is 0 Å². The van der Waals surface area contributed by atoms with Gasteiger partial charge in [0, 0.05) is 18.5 Å². The van der Waals surface area contributed by atoms with Crippen LogP contribution < -0.4 is 10.1 Å². The van der Waals surface area contributed by atoms with Gasteiger partial charge in [-0.1, -0.05) is 35.9 Å². The zero-order valence-electron chi connectivity index (χ0n) is 16.6. The Balaban J connectivity index is 1.60. The first kappa shape index (κ1) is 19.3. The predicted molar refractivity (Wildman–Crippen MR) is 111 cm³/mol. The van der Waals surface area contributed by atoms with E-state index in [2.05, 4.69) is 25.8 Å². The van der Waals surface area contributed by atoms with Crippen LogP contribution in [0, 0.1) is 6.92 Å². The molecule has 2 heterocycles. The van der Waals surface area contributed by atoms with Crippen LogP contribution in [0.1, 0.15) is 24.1 Å². The topological polar surface area (TPSA) is 94.8 Å². The number of ether oxygens (including phenoxy) is 1. The molecule has 0 bridgehead atoms. The fraction of sp³-hybridized carbons (Fsp3) is 0.136. The van der Waals surface area contributed by atoms with Gasteiger partial charge in [0.25, 0.3) is 0 Å². The minimum Gasteiger partial charge on any atom is -0.410 e. The van der Waals surface area contributed by atoms with E-state index < -0.39 is 6.09 Å². The number of hydrogen-bond acceptors (Lipinski definition) is 6. The molecule has 4 aromatic rings. The van der Waals surface area contributed by atoms with E-state index in [0.29, 0.717) is 11.4 Å². The lowest BCUT2D eigenvalue weighted by atomic mass is 10.0. The van der Waals surface area contributed by atoms with Crippen LogP contribution in [-0.2, 0) is 0 Å². The van der Waals surface area contributed by atoms with Gasteiger partial charge in [-0.05, 0) is 59.2 Å². The number of hydrogen-bond donors (Lipinski definition) is 1. The summed E-state index contributed by atoms with van der Waals surface area (Å²) < 4.78 is 7.09. The number of amides is 1. The fourth-order valence-corrected chi connectivity index (χ4v) is 3.00. The van der Waals surface area contributed by atoms with Gasteiger partial charge in [-0.25, -0.2) is 9.48 Å². The van der Waals surface area contributed by atoms with Gasteiger partial charge in [-0.15, -0.1) is 5.10 Å². The lowest BCUT2D eigenvalue weighted by Gasteiger charge is -2.15. The maximum atomic E-state index is 12.5. The van der Waals surface area contributed by atoms with Crippen molar-refractivity contribution in [1.29, 1.82) is 0 Å². The average Bonchev–Trinajstić information content (AvgIpc) is 3.29. The van der Waals surface area contributed by atoms with E-state index in [1.807, 2.05) is 62.4 Å². The molecule has 1 amide bonds. The molecule has 0 radical (unpaired) electrons. The first-order valence-corrected chi connectivity index (χ1v) is 9.42. The number of pyridine rings is 1. The zero-order chi connectivity index (χ0) is 20.9. The Hall–Kier alpha value is -4.07. The minimum atomic E-state index is -0.560. The molecule has 0 fully saturated rings. The summed E-state index contributed by atoms with van der Waals surface area (Å²) in [5, 5.41) is 14.1. The molecule has 8 heteroatoms. The van der Waals surface area contributed by atoms with Crippen molar-refractivity contribution in [3.8, 4) is 22.6 Å². The number of aromatic nitrogens is 5. The SMILES string of the molecule is Cc1ccc(-c2cc(OC(=O)NC(C)c3cccnc3)cc(-n3cnnn3)c2)cc1. The van der Waals surface area contributed by atoms with Crippen molar-refractivity contribution in [3.05, 3.63) is 84.4 Å². The molecule has 0 aliphatic rings. The van der Waals surface area contributed by atoms with Gasteiger partial charge >= 0.3 is 6.09 Å². The maximum Gasteiger partial charge on any atom is 0.413 e. The van der Waals surface area contributed by atoms with Gasteiger partial charge in [0.1, 0.15) is 12.1 Å². The summed E-state index contributed by atoms with van der Waals surface area (Å²) in [4.78, 5) is 16.6. The van der Waals surface area contributed by atoms with Gasteiger partial charge in [-0.2, -0.15) is 0 Å². The first-order valence-electron chi connectivity index (χ1n) is 9.42. The van der Waals surface area contributed by atoms with Crippen LogP contribution in [0.4, 0.5) is 4.79 Å². The van der Waals surface area contributed by atoms with Crippen molar-refractivity contribution in [3.63, 3.8) is 0 Å². The van der Waals surface area contributed by atoms with Crippen molar-refractivity contribution in [1.82, 2.24) is 30.5 Å². The number of nitrogens with one attached hydrogen (secondary N) is 1. The monoisotopic (exact) mass is 400 g/mol. The summed E-state index contributed by atoms with van der Waals surface area (Å²) in [6.07, 6.45) is 4.32. The number of benzene rings is 2. The third-order valence-corrected chi connectivity index (χ3v) is 4.62. The number of tetrazole rings is 1. The third-order valence-electron chi connectivity index (χ3n) is 4.62. The average molecular weight is 400 g/mol. The largest absolute Gasteiger partial charge is 0.413 e. The molecule has 1 unspecified atom stereocenters. The van der Waals surface area contributed by atoms with E-state index in [0.717, 1.165) is 22.3 Å². The first-order chi connectivity index (χ1) is 14.6. The second-order valence-electron chi connectivity index (χ2n) is 6.88. The quantitative estimate of drug-likeness (QED) is 0.546. The highest BCUT2D eigenvalue weighted by Gasteiger charge is 2.14. The van der Waals surface area contributed by atoms with Gasteiger partial charge in [0.05, 0.1) is 11.7 Å². The molecule has 0 saturated carbocycles. The lowest BCUT2D eigenvalue weighted by Crippen LogP contribution is -2.29. The minimum absolute atomic E-state index is 0.245. The molecule has 1 N–H and O–H groups in total. The van der Waals surface area contributed by atoms with E-state index in [4.69, 9.17) is 4.74 Å². The van der Waals surface area contributed by atoms with Crippen molar-refractivity contribution in [2.75, 3.05) is 0 Å². The Labute approximate surface area is 173 Å². The molecule has 30 heavy (non-hydrogen) atoms. The fourth-order valence-electron chi connectivity index (χ4n) is 3.00. The molecular weight excluding hydrogens is 380 g/mol. The molecule has 1 atom stereocenters. The molecule has 2 aromatic carbocycles. The normalized spacial score (nSPS) is 11.7. The second kappa shape index (κ2) is 8.52. The highest BCUT2D eigenvalue weighted by Crippen LogP contribution is 2.28. The smallest absolute Gasteiger partial charge is 0.410 e. The number of nitrogens with zero attached hydrogens (tertiary/aromatic N) is 5. The Morgan fingerprint density at radius 3 is 2.63 bits per heavy atom. The summed E-state index contributed by atoms with van der Waals surface area (Å²) in [6, 6.07) is 17.0. The Kier molecular flexibility index (Phi) is 5.47.